The molecule has 0 bridgehead atoms. The van der Waals surface area contributed by atoms with Gasteiger partial charge in [-0.1, -0.05) is 49.4 Å². The lowest BCUT2D eigenvalue weighted by molar-refractivity contribution is 0.282. The second kappa shape index (κ2) is 7.26. The highest BCUT2D eigenvalue weighted by atomic mass is 32.2. The van der Waals surface area contributed by atoms with Crippen LogP contribution in [0.1, 0.15) is 30.2 Å². The highest BCUT2D eigenvalue weighted by molar-refractivity contribution is 7.98. The minimum atomic E-state index is -0.0958. The number of nitrogens with one attached hydrogen (secondary N) is 1. The Morgan fingerprint density at radius 2 is 1.95 bits per heavy atom. The zero-order valence-electron chi connectivity index (χ0n) is 11.4. The van der Waals surface area contributed by atoms with Crippen LogP contribution in [0, 0.1) is 0 Å². The van der Waals surface area contributed by atoms with Crippen molar-refractivity contribution in [2.75, 3.05) is 0 Å². The zero-order chi connectivity index (χ0) is 14.4. The summed E-state index contributed by atoms with van der Waals surface area (Å²) < 4.78 is 0. The Morgan fingerprint density at radius 3 is 2.60 bits per heavy atom. The molecule has 0 amide bonds. The standard InChI is InChI=1S/C15H18N2O2S/c1-2-3-13-8-14(19)17-15(16-13)20-10-12-6-4-11(9-18)5-7-12/h4-8,18H,2-3,9-10H2,1H3,(H,16,17,19). The van der Waals surface area contributed by atoms with E-state index in [1.54, 1.807) is 6.07 Å². The van der Waals surface area contributed by atoms with Gasteiger partial charge in [-0.25, -0.2) is 4.98 Å². The maximum atomic E-state index is 11.5. The van der Waals surface area contributed by atoms with Gasteiger partial charge < -0.3 is 10.1 Å². The highest BCUT2D eigenvalue weighted by Crippen LogP contribution is 2.19. The summed E-state index contributed by atoms with van der Waals surface area (Å²) in [7, 11) is 0. The van der Waals surface area contributed by atoms with Gasteiger partial charge in [-0.15, -0.1) is 0 Å². The third-order valence-corrected chi connectivity index (χ3v) is 3.80. The number of H-pyrrole nitrogens is 1. The average Bonchev–Trinajstić information content (AvgIpc) is 2.45. The van der Waals surface area contributed by atoms with Gasteiger partial charge in [-0.05, 0) is 17.5 Å². The van der Waals surface area contributed by atoms with Crippen molar-refractivity contribution in [3.05, 3.63) is 57.5 Å². The van der Waals surface area contributed by atoms with Crippen LogP contribution in [0.15, 0.2) is 40.3 Å². The van der Waals surface area contributed by atoms with Crippen molar-refractivity contribution in [3.63, 3.8) is 0 Å². The van der Waals surface area contributed by atoms with Crippen LogP contribution in [0.3, 0.4) is 0 Å². The normalized spacial score (nSPS) is 10.7. The summed E-state index contributed by atoms with van der Waals surface area (Å²) in [6.45, 7) is 2.12. The Kier molecular flexibility index (Phi) is 5.38. The van der Waals surface area contributed by atoms with Gasteiger partial charge >= 0.3 is 0 Å². The number of benzene rings is 1. The molecule has 0 aliphatic rings. The molecule has 2 aromatic rings. The molecule has 0 unspecified atom stereocenters. The summed E-state index contributed by atoms with van der Waals surface area (Å²) in [6, 6.07) is 9.32. The predicted octanol–water partition coefficient (Wildman–Crippen LogP) is 2.51. The topological polar surface area (TPSA) is 66.0 Å². The van der Waals surface area contributed by atoms with Gasteiger partial charge in [-0.3, -0.25) is 4.79 Å². The molecule has 0 radical (unpaired) electrons. The second-order valence-electron chi connectivity index (χ2n) is 4.56. The first-order valence-electron chi connectivity index (χ1n) is 6.63. The molecule has 1 aromatic carbocycles. The number of thioether (sulfide) groups is 1. The summed E-state index contributed by atoms with van der Waals surface area (Å²) in [5.41, 5.74) is 2.78. The van der Waals surface area contributed by atoms with Gasteiger partial charge in [0.05, 0.1) is 6.61 Å². The van der Waals surface area contributed by atoms with E-state index in [1.165, 1.54) is 11.8 Å². The van der Waals surface area contributed by atoms with Gasteiger partial charge in [0, 0.05) is 17.5 Å². The van der Waals surface area contributed by atoms with E-state index in [4.69, 9.17) is 5.11 Å². The Labute approximate surface area is 122 Å². The third kappa shape index (κ3) is 4.21. The van der Waals surface area contributed by atoms with Gasteiger partial charge in [0.2, 0.25) is 0 Å². The predicted molar refractivity (Wildman–Crippen MR) is 80.8 cm³/mol. The van der Waals surface area contributed by atoms with Crippen LogP contribution in [0.5, 0.6) is 0 Å². The van der Waals surface area contributed by atoms with Crippen molar-refractivity contribution in [3.8, 4) is 0 Å². The molecule has 0 spiro atoms. The van der Waals surface area contributed by atoms with Crippen LogP contribution in [0.2, 0.25) is 0 Å². The lowest BCUT2D eigenvalue weighted by Gasteiger charge is -2.04. The summed E-state index contributed by atoms with van der Waals surface area (Å²) in [5, 5.41) is 9.65. The van der Waals surface area contributed by atoms with E-state index in [1.807, 2.05) is 24.3 Å². The fraction of sp³-hybridized carbons (Fsp3) is 0.333. The molecule has 1 heterocycles. The smallest absolute Gasteiger partial charge is 0.251 e. The molecular formula is C15H18N2O2S. The number of nitrogens with zero attached hydrogens (tertiary/aromatic N) is 1. The Bertz CT molecular complexity index is 608. The molecule has 0 fully saturated rings. The molecule has 106 valence electrons. The minimum Gasteiger partial charge on any atom is -0.392 e. The summed E-state index contributed by atoms with van der Waals surface area (Å²) in [4.78, 5) is 18.7. The Morgan fingerprint density at radius 1 is 1.25 bits per heavy atom. The number of aromatic amines is 1. The van der Waals surface area contributed by atoms with Gasteiger partial charge in [-0.2, -0.15) is 0 Å². The van der Waals surface area contributed by atoms with Crippen molar-refractivity contribution in [2.45, 2.75) is 37.3 Å². The van der Waals surface area contributed by atoms with Crippen molar-refractivity contribution in [1.29, 1.82) is 0 Å². The van der Waals surface area contributed by atoms with E-state index in [-0.39, 0.29) is 12.2 Å². The fourth-order valence-corrected chi connectivity index (χ4v) is 2.68. The SMILES string of the molecule is CCCc1cc(=O)[nH]c(SCc2ccc(CO)cc2)n1. The van der Waals surface area contributed by atoms with Crippen LogP contribution in [-0.2, 0) is 18.8 Å². The minimum absolute atomic E-state index is 0.0569. The summed E-state index contributed by atoms with van der Waals surface area (Å²) in [5.74, 6) is 0.740. The number of rotatable bonds is 6. The molecule has 0 aliphatic heterocycles. The quantitative estimate of drug-likeness (QED) is 0.633. The average molecular weight is 290 g/mol. The largest absolute Gasteiger partial charge is 0.392 e. The molecule has 5 heteroatoms. The van der Waals surface area contributed by atoms with Crippen molar-refractivity contribution in [2.24, 2.45) is 0 Å². The first-order chi connectivity index (χ1) is 9.71. The van der Waals surface area contributed by atoms with E-state index < -0.39 is 0 Å². The van der Waals surface area contributed by atoms with Crippen molar-refractivity contribution in [1.82, 2.24) is 9.97 Å². The van der Waals surface area contributed by atoms with E-state index in [2.05, 4.69) is 16.9 Å². The van der Waals surface area contributed by atoms with Gasteiger partial charge in [0.25, 0.3) is 5.56 Å². The van der Waals surface area contributed by atoms with E-state index in [0.717, 1.165) is 35.4 Å². The Hall–Kier alpha value is -1.59. The molecule has 0 saturated carbocycles. The van der Waals surface area contributed by atoms with E-state index in [0.29, 0.717) is 5.16 Å². The lowest BCUT2D eigenvalue weighted by Crippen LogP contribution is -2.09. The van der Waals surface area contributed by atoms with Crippen LogP contribution in [0.4, 0.5) is 0 Å². The molecule has 2 N–H and O–H groups in total. The highest BCUT2D eigenvalue weighted by Gasteiger charge is 2.03. The molecule has 1 aromatic heterocycles. The third-order valence-electron chi connectivity index (χ3n) is 2.86. The summed E-state index contributed by atoms with van der Waals surface area (Å²) >= 11 is 1.51. The van der Waals surface area contributed by atoms with Crippen molar-refractivity contribution < 1.29 is 5.11 Å². The maximum absolute atomic E-state index is 11.5. The molecular weight excluding hydrogens is 272 g/mol. The molecule has 0 aliphatic carbocycles. The molecule has 0 saturated heterocycles. The molecule has 2 rings (SSSR count). The first-order valence-corrected chi connectivity index (χ1v) is 7.61. The van der Waals surface area contributed by atoms with Crippen molar-refractivity contribution >= 4 is 11.8 Å². The Balaban J connectivity index is 2.04. The van der Waals surface area contributed by atoms with Crippen LogP contribution < -0.4 is 5.56 Å². The van der Waals surface area contributed by atoms with Crippen LogP contribution in [-0.4, -0.2) is 15.1 Å². The monoisotopic (exact) mass is 290 g/mol. The lowest BCUT2D eigenvalue weighted by atomic mass is 10.2. The number of aryl methyl sites for hydroxylation is 1. The van der Waals surface area contributed by atoms with E-state index in [9.17, 15) is 4.79 Å². The van der Waals surface area contributed by atoms with Gasteiger partial charge in [0.1, 0.15) is 0 Å². The zero-order valence-corrected chi connectivity index (χ0v) is 12.2. The fourth-order valence-electron chi connectivity index (χ4n) is 1.83. The number of hydrogen-bond donors (Lipinski definition) is 2. The van der Waals surface area contributed by atoms with Crippen LogP contribution in [0.25, 0.3) is 0 Å². The molecule has 4 nitrogen and oxygen atoms in total. The maximum Gasteiger partial charge on any atom is 0.251 e. The molecule has 0 atom stereocenters. The number of aromatic nitrogens is 2. The van der Waals surface area contributed by atoms with Gasteiger partial charge in [0.15, 0.2) is 5.16 Å². The van der Waals surface area contributed by atoms with E-state index >= 15 is 0 Å². The molecule has 20 heavy (non-hydrogen) atoms. The number of hydrogen-bond acceptors (Lipinski definition) is 4. The van der Waals surface area contributed by atoms with Crippen LogP contribution >= 0.6 is 11.8 Å². The number of aliphatic hydroxyl groups excluding tert-OH is 1. The first kappa shape index (κ1) is 14.8. The number of aliphatic hydroxyl groups is 1. The summed E-state index contributed by atoms with van der Waals surface area (Å²) in [6.07, 6.45) is 1.80. The second-order valence-corrected chi connectivity index (χ2v) is 5.52.